The lowest BCUT2D eigenvalue weighted by atomic mass is 9.97. The summed E-state index contributed by atoms with van der Waals surface area (Å²) in [7, 11) is 0. The number of aliphatic hydroxyl groups is 1. The standard InChI is InChI=1S/C8H14N2O3/c9-6(7(12)4-11)3-5-1-2-10-8(5)13/h5-6,11H,1-4,9H2,(H,10,13)/t5-,6-/m0/s1. The number of rotatable bonds is 4. The highest BCUT2D eigenvalue weighted by molar-refractivity contribution is 5.86. The van der Waals surface area contributed by atoms with Gasteiger partial charge in [0.15, 0.2) is 5.78 Å². The van der Waals surface area contributed by atoms with E-state index in [4.69, 9.17) is 10.8 Å². The van der Waals surface area contributed by atoms with Gasteiger partial charge in [0, 0.05) is 12.5 Å². The van der Waals surface area contributed by atoms with Crippen LogP contribution in [0.5, 0.6) is 0 Å². The highest BCUT2D eigenvalue weighted by Crippen LogP contribution is 2.15. The molecule has 1 fully saturated rings. The second-order valence-corrected chi connectivity index (χ2v) is 3.24. The number of ketones is 1. The molecule has 1 amide bonds. The first-order chi connectivity index (χ1) is 6.15. The molecule has 74 valence electrons. The Morgan fingerprint density at radius 1 is 1.77 bits per heavy atom. The average Bonchev–Trinajstić information content (AvgIpc) is 2.50. The Kier molecular flexibility index (Phi) is 3.39. The summed E-state index contributed by atoms with van der Waals surface area (Å²) < 4.78 is 0. The number of nitrogens with two attached hydrogens (primary N) is 1. The summed E-state index contributed by atoms with van der Waals surface area (Å²) in [5.74, 6) is -0.605. The summed E-state index contributed by atoms with van der Waals surface area (Å²) in [5.41, 5.74) is 5.48. The normalized spacial score (nSPS) is 24.2. The SMILES string of the molecule is N[C@@H](C[C@@H]1CCNC1=O)C(=O)CO. The van der Waals surface area contributed by atoms with Gasteiger partial charge in [-0.05, 0) is 12.8 Å². The summed E-state index contributed by atoms with van der Waals surface area (Å²) >= 11 is 0. The summed E-state index contributed by atoms with van der Waals surface area (Å²) in [6.45, 7) is 0.110. The number of nitrogens with one attached hydrogen (secondary N) is 1. The molecule has 0 aromatic carbocycles. The third kappa shape index (κ3) is 2.50. The van der Waals surface area contributed by atoms with Crippen molar-refractivity contribution in [1.82, 2.24) is 5.32 Å². The molecule has 1 heterocycles. The number of carbonyl (C=O) groups excluding carboxylic acids is 2. The maximum absolute atomic E-state index is 11.1. The van der Waals surface area contributed by atoms with Crippen LogP contribution in [0.4, 0.5) is 0 Å². The average molecular weight is 186 g/mol. The molecule has 0 radical (unpaired) electrons. The second kappa shape index (κ2) is 4.34. The summed E-state index contributed by atoms with van der Waals surface area (Å²) in [6, 6.07) is -0.709. The minimum atomic E-state index is -0.709. The van der Waals surface area contributed by atoms with Crippen LogP contribution in [0.1, 0.15) is 12.8 Å². The molecule has 0 aromatic rings. The fraction of sp³-hybridized carbons (Fsp3) is 0.750. The molecule has 1 rings (SSSR count). The number of hydrogen-bond acceptors (Lipinski definition) is 4. The molecule has 1 aliphatic rings. The monoisotopic (exact) mass is 186 g/mol. The largest absolute Gasteiger partial charge is 0.389 e. The quantitative estimate of drug-likeness (QED) is 0.493. The van der Waals surface area contributed by atoms with Gasteiger partial charge in [-0.1, -0.05) is 0 Å². The van der Waals surface area contributed by atoms with Gasteiger partial charge >= 0.3 is 0 Å². The number of aliphatic hydroxyl groups excluding tert-OH is 1. The van der Waals surface area contributed by atoms with Crippen LogP contribution in [-0.4, -0.2) is 36.0 Å². The second-order valence-electron chi connectivity index (χ2n) is 3.24. The molecule has 0 aromatic heterocycles. The highest BCUT2D eigenvalue weighted by atomic mass is 16.3. The van der Waals surface area contributed by atoms with Crippen molar-refractivity contribution in [3.05, 3.63) is 0 Å². The Morgan fingerprint density at radius 3 is 2.92 bits per heavy atom. The van der Waals surface area contributed by atoms with Crippen LogP contribution in [0.25, 0.3) is 0 Å². The van der Waals surface area contributed by atoms with E-state index >= 15 is 0 Å². The van der Waals surface area contributed by atoms with Crippen LogP contribution in [0, 0.1) is 5.92 Å². The molecule has 1 saturated heterocycles. The molecule has 0 saturated carbocycles. The number of hydrogen-bond donors (Lipinski definition) is 3. The van der Waals surface area contributed by atoms with E-state index in [0.29, 0.717) is 13.0 Å². The Bertz CT molecular complexity index is 217. The maximum Gasteiger partial charge on any atom is 0.223 e. The van der Waals surface area contributed by atoms with Crippen LogP contribution in [0.2, 0.25) is 0 Å². The van der Waals surface area contributed by atoms with Crippen molar-refractivity contribution in [2.45, 2.75) is 18.9 Å². The third-order valence-corrected chi connectivity index (χ3v) is 2.27. The molecule has 5 heteroatoms. The number of carbonyl (C=O) groups is 2. The first-order valence-corrected chi connectivity index (χ1v) is 4.32. The van der Waals surface area contributed by atoms with Gasteiger partial charge in [0.2, 0.25) is 5.91 Å². The highest BCUT2D eigenvalue weighted by Gasteiger charge is 2.27. The van der Waals surface area contributed by atoms with Gasteiger partial charge in [-0.25, -0.2) is 0 Å². The van der Waals surface area contributed by atoms with Gasteiger partial charge in [-0.15, -0.1) is 0 Å². The van der Waals surface area contributed by atoms with Crippen LogP contribution in [-0.2, 0) is 9.59 Å². The van der Waals surface area contributed by atoms with Crippen LogP contribution in [0.3, 0.4) is 0 Å². The van der Waals surface area contributed by atoms with Gasteiger partial charge in [0.25, 0.3) is 0 Å². The predicted molar refractivity (Wildman–Crippen MR) is 45.8 cm³/mol. The molecule has 0 aliphatic carbocycles. The smallest absolute Gasteiger partial charge is 0.223 e. The van der Waals surface area contributed by atoms with Crippen molar-refractivity contribution >= 4 is 11.7 Å². The van der Waals surface area contributed by atoms with Crippen molar-refractivity contribution in [3.63, 3.8) is 0 Å². The Hall–Kier alpha value is -0.940. The molecule has 2 atom stereocenters. The Labute approximate surface area is 76.3 Å². The zero-order valence-electron chi connectivity index (χ0n) is 7.32. The molecule has 0 spiro atoms. The summed E-state index contributed by atoms with van der Waals surface area (Å²) in [5, 5.41) is 11.2. The van der Waals surface area contributed by atoms with E-state index < -0.39 is 18.4 Å². The van der Waals surface area contributed by atoms with E-state index in [0.717, 1.165) is 6.42 Å². The summed E-state index contributed by atoms with van der Waals surface area (Å²) in [4.78, 5) is 22.0. The molecule has 0 unspecified atom stereocenters. The van der Waals surface area contributed by atoms with Crippen LogP contribution in [0.15, 0.2) is 0 Å². The fourth-order valence-corrected chi connectivity index (χ4v) is 1.43. The lowest BCUT2D eigenvalue weighted by Crippen LogP contribution is -2.36. The van der Waals surface area contributed by atoms with E-state index in [1.54, 1.807) is 0 Å². The van der Waals surface area contributed by atoms with Crippen LogP contribution < -0.4 is 11.1 Å². The molecular formula is C8H14N2O3. The molecule has 1 aliphatic heterocycles. The molecule has 13 heavy (non-hydrogen) atoms. The van der Waals surface area contributed by atoms with Crippen molar-refractivity contribution < 1.29 is 14.7 Å². The summed E-state index contributed by atoms with van der Waals surface area (Å²) in [6.07, 6.45) is 1.07. The molecule has 4 N–H and O–H groups in total. The minimum absolute atomic E-state index is 0.0406. The number of amides is 1. The molecule has 5 nitrogen and oxygen atoms in total. The van der Waals surface area contributed by atoms with E-state index in [9.17, 15) is 9.59 Å². The Balaban J connectivity index is 2.39. The van der Waals surface area contributed by atoms with Crippen molar-refractivity contribution in [2.24, 2.45) is 11.7 Å². The predicted octanol–water partition coefficient (Wildman–Crippen LogP) is -1.60. The van der Waals surface area contributed by atoms with E-state index in [2.05, 4.69) is 5.32 Å². The lowest BCUT2D eigenvalue weighted by Gasteiger charge is -2.11. The van der Waals surface area contributed by atoms with Crippen molar-refractivity contribution in [3.8, 4) is 0 Å². The zero-order valence-corrected chi connectivity index (χ0v) is 7.32. The number of Topliss-reactive ketones (excluding diaryl/α,β-unsaturated/α-hetero) is 1. The van der Waals surface area contributed by atoms with E-state index in [1.165, 1.54) is 0 Å². The zero-order chi connectivity index (χ0) is 9.84. The van der Waals surface area contributed by atoms with Crippen LogP contribution >= 0.6 is 0 Å². The van der Waals surface area contributed by atoms with Gasteiger partial charge in [-0.3, -0.25) is 9.59 Å². The minimum Gasteiger partial charge on any atom is -0.389 e. The fourth-order valence-electron chi connectivity index (χ4n) is 1.43. The van der Waals surface area contributed by atoms with Gasteiger partial charge in [-0.2, -0.15) is 0 Å². The van der Waals surface area contributed by atoms with Crippen molar-refractivity contribution in [1.29, 1.82) is 0 Å². The maximum atomic E-state index is 11.1. The first-order valence-electron chi connectivity index (χ1n) is 4.32. The van der Waals surface area contributed by atoms with Gasteiger partial charge in [0.05, 0.1) is 6.04 Å². The molecule has 0 bridgehead atoms. The third-order valence-electron chi connectivity index (χ3n) is 2.27. The first kappa shape index (κ1) is 10.1. The van der Waals surface area contributed by atoms with Gasteiger partial charge < -0.3 is 16.2 Å². The van der Waals surface area contributed by atoms with Crippen molar-refractivity contribution in [2.75, 3.05) is 13.2 Å². The topological polar surface area (TPSA) is 92.4 Å². The lowest BCUT2D eigenvalue weighted by molar-refractivity contribution is -0.125. The van der Waals surface area contributed by atoms with Gasteiger partial charge in [0.1, 0.15) is 6.61 Å². The molecular weight excluding hydrogens is 172 g/mol. The van der Waals surface area contributed by atoms with E-state index in [-0.39, 0.29) is 11.8 Å². The Morgan fingerprint density at radius 2 is 2.46 bits per heavy atom. The van der Waals surface area contributed by atoms with E-state index in [1.807, 2.05) is 0 Å².